The van der Waals surface area contributed by atoms with E-state index in [0.717, 1.165) is 18.5 Å². The van der Waals surface area contributed by atoms with Gasteiger partial charge in [-0.25, -0.2) is 0 Å². The van der Waals surface area contributed by atoms with E-state index < -0.39 is 0 Å². The molecule has 0 aromatic rings. The van der Waals surface area contributed by atoms with Crippen molar-refractivity contribution in [3.8, 4) is 11.2 Å². The van der Waals surface area contributed by atoms with E-state index in [1.807, 2.05) is 39.2 Å². The molecule has 0 bridgehead atoms. The number of allylic oxidation sites excluding steroid dienone is 3. The molecule has 0 spiro atoms. The standard InChI is InChI=1S/C21H31NO3S/c1-7-9-20-21(24-14-13-23-20)17(4)25-19(11-12-22(5)6)18(16(2)3)10-8-15-26/h7,9-10,16,19,26H,4,11-14H2,1-3,5-6H3/b9-7-,18-10+. The summed E-state index contributed by atoms with van der Waals surface area (Å²) < 4.78 is 17.7. The topological polar surface area (TPSA) is 30.9 Å². The van der Waals surface area contributed by atoms with E-state index in [-0.39, 0.29) is 12.0 Å². The predicted octanol–water partition coefficient (Wildman–Crippen LogP) is 4.14. The molecule has 0 N–H and O–H groups in total. The van der Waals surface area contributed by atoms with Gasteiger partial charge in [0.2, 0.25) is 5.76 Å². The number of hydrogen-bond donors (Lipinski definition) is 1. The Morgan fingerprint density at radius 2 is 2.04 bits per heavy atom. The average Bonchev–Trinajstić information content (AvgIpc) is 2.60. The highest BCUT2D eigenvalue weighted by Crippen LogP contribution is 2.28. The summed E-state index contributed by atoms with van der Waals surface area (Å²) in [4.78, 5) is 2.13. The van der Waals surface area contributed by atoms with Gasteiger partial charge in [0.05, 0.1) is 0 Å². The first-order chi connectivity index (χ1) is 12.4. The van der Waals surface area contributed by atoms with Gasteiger partial charge in [-0.3, -0.25) is 0 Å². The molecule has 26 heavy (non-hydrogen) atoms. The zero-order valence-electron chi connectivity index (χ0n) is 16.5. The molecule has 0 saturated heterocycles. The van der Waals surface area contributed by atoms with Gasteiger partial charge in [0.25, 0.3) is 0 Å². The zero-order chi connectivity index (χ0) is 19.5. The Morgan fingerprint density at radius 1 is 1.35 bits per heavy atom. The second kappa shape index (κ2) is 11.8. The van der Waals surface area contributed by atoms with Gasteiger partial charge in [0, 0.05) is 13.0 Å². The number of rotatable bonds is 9. The second-order valence-corrected chi connectivity index (χ2v) is 6.79. The summed E-state index contributed by atoms with van der Waals surface area (Å²) in [7, 11) is 4.09. The first-order valence-electron chi connectivity index (χ1n) is 8.88. The molecule has 5 heteroatoms. The molecule has 0 aromatic heterocycles. The van der Waals surface area contributed by atoms with Crippen LogP contribution in [0, 0.1) is 17.1 Å². The van der Waals surface area contributed by atoms with E-state index in [0.29, 0.717) is 30.5 Å². The second-order valence-electron chi connectivity index (χ2n) is 6.57. The zero-order valence-corrected chi connectivity index (χ0v) is 17.4. The minimum atomic E-state index is -0.149. The molecule has 144 valence electrons. The Balaban J connectivity index is 3.09. The highest BCUT2D eigenvalue weighted by atomic mass is 32.1. The third-order valence-electron chi connectivity index (χ3n) is 3.85. The van der Waals surface area contributed by atoms with Crippen molar-refractivity contribution in [2.45, 2.75) is 33.3 Å². The number of thiol groups is 1. The maximum absolute atomic E-state index is 6.26. The van der Waals surface area contributed by atoms with E-state index in [1.54, 1.807) is 0 Å². The van der Waals surface area contributed by atoms with E-state index in [2.05, 4.69) is 49.1 Å². The largest absolute Gasteiger partial charge is 0.486 e. The molecule has 1 rings (SSSR count). The number of hydrogen-bond acceptors (Lipinski definition) is 5. The van der Waals surface area contributed by atoms with Crippen LogP contribution in [-0.4, -0.2) is 44.9 Å². The maximum Gasteiger partial charge on any atom is 0.203 e. The molecular formula is C21H31NO3S. The molecule has 1 atom stereocenters. The Kier molecular flexibility index (Phi) is 10.1. The smallest absolute Gasteiger partial charge is 0.203 e. The van der Waals surface area contributed by atoms with Crippen molar-refractivity contribution in [1.82, 2.24) is 4.90 Å². The van der Waals surface area contributed by atoms with Crippen LogP contribution in [0.25, 0.3) is 0 Å². The highest BCUT2D eigenvalue weighted by Gasteiger charge is 2.24. The van der Waals surface area contributed by atoms with Gasteiger partial charge in [-0.15, -0.1) is 0 Å². The summed E-state index contributed by atoms with van der Waals surface area (Å²) in [5.41, 5.74) is 1.11. The summed E-state index contributed by atoms with van der Waals surface area (Å²) in [6.45, 7) is 12.2. The van der Waals surface area contributed by atoms with Gasteiger partial charge < -0.3 is 19.1 Å². The van der Waals surface area contributed by atoms with Crippen LogP contribution in [0.3, 0.4) is 0 Å². The first kappa shape index (κ1) is 22.3. The molecule has 0 aromatic carbocycles. The van der Waals surface area contributed by atoms with Crippen LogP contribution in [0.4, 0.5) is 0 Å². The van der Waals surface area contributed by atoms with Crippen molar-refractivity contribution >= 4 is 12.6 Å². The van der Waals surface area contributed by atoms with Gasteiger partial charge >= 0.3 is 0 Å². The third kappa shape index (κ3) is 7.23. The lowest BCUT2D eigenvalue weighted by Gasteiger charge is -2.28. The average molecular weight is 378 g/mol. The maximum atomic E-state index is 6.26. The van der Waals surface area contributed by atoms with Crippen LogP contribution in [0.15, 0.2) is 47.7 Å². The van der Waals surface area contributed by atoms with Crippen LogP contribution in [0.1, 0.15) is 27.2 Å². The van der Waals surface area contributed by atoms with Crippen molar-refractivity contribution in [1.29, 1.82) is 0 Å². The lowest BCUT2D eigenvalue weighted by Crippen LogP contribution is -2.26. The van der Waals surface area contributed by atoms with Crippen LogP contribution in [0.2, 0.25) is 0 Å². The first-order valence-corrected chi connectivity index (χ1v) is 9.33. The van der Waals surface area contributed by atoms with E-state index >= 15 is 0 Å². The SMILES string of the molecule is C=C(OC(CCN(C)C)/C(=C/C#CS)C(C)C)C1=C(/C=C\C)OCCO1. The summed E-state index contributed by atoms with van der Waals surface area (Å²) in [5, 5.41) is 2.63. The Bertz CT molecular complexity index is 621. The highest BCUT2D eigenvalue weighted by molar-refractivity contribution is 7.85. The van der Waals surface area contributed by atoms with Crippen LogP contribution in [0.5, 0.6) is 0 Å². The van der Waals surface area contributed by atoms with E-state index in [1.165, 1.54) is 0 Å². The third-order valence-corrected chi connectivity index (χ3v) is 3.98. The molecule has 1 heterocycles. The van der Waals surface area contributed by atoms with Crippen LogP contribution in [-0.2, 0) is 14.2 Å². The minimum Gasteiger partial charge on any atom is -0.486 e. The summed E-state index contributed by atoms with van der Waals surface area (Å²) in [6, 6.07) is 0. The number of nitrogens with zero attached hydrogens (tertiary/aromatic N) is 1. The van der Waals surface area contributed by atoms with Crippen LogP contribution >= 0.6 is 12.6 Å². The van der Waals surface area contributed by atoms with Gasteiger partial charge in [-0.1, -0.05) is 45.1 Å². The Labute approximate surface area is 164 Å². The summed E-state index contributed by atoms with van der Waals surface area (Å²) in [6.07, 6.45) is 6.33. The predicted molar refractivity (Wildman–Crippen MR) is 111 cm³/mol. The minimum absolute atomic E-state index is 0.149. The van der Waals surface area contributed by atoms with Crippen molar-refractivity contribution < 1.29 is 14.2 Å². The summed E-state index contributed by atoms with van der Waals surface area (Å²) in [5.74, 6) is 4.91. The van der Waals surface area contributed by atoms with Gasteiger partial charge in [0.15, 0.2) is 11.5 Å². The normalized spacial score (nSPS) is 16.2. The van der Waals surface area contributed by atoms with Gasteiger partial charge in [0.1, 0.15) is 19.3 Å². The molecule has 0 amide bonds. The van der Waals surface area contributed by atoms with Crippen molar-refractivity contribution in [2.75, 3.05) is 33.9 Å². The monoisotopic (exact) mass is 377 g/mol. The molecule has 4 nitrogen and oxygen atoms in total. The molecule has 0 radical (unpaired) electrons. The van der Waals surface area contributed by atoms with Crippen molar-refractivity contribution in [3.63, 3.8) is 0 Å². The van der Waals surface area contributed by atoms with Gasteiger partial charge in [-0.05, 0) is 49.9 Å². The van der Waals surface area contributed by atoms with Crippen molar-refractivity contribution in [3.05, 3.63) is 47.7 Å². The Hall–Kier alpha value is -1.77. The molecule has 1 aliphatic rings. The molecule has 0 fully saturated rings. The van der Waals surface area contributed by atoms with Crippen LogP contribution < -0.4 is 0 Å². The number of ether oxygens (including phenoxy) is 3. The fraction of sp³-hybridized carbons (Fsp3) is 0.524. The fourth-order valence-electron chi connectivity index (χ4n) is 2.57. The molecular weight excluding hydrogens is 346 g/mol. The van der Waals surface area contributed by atoms with Gasteiger partial charge in [-0.2, -0.15) is 0 Å². The summed E-state index contributed by atoms with van der Waals surface area (Å²) >= 11 is 3.98. The lowest BCUT2D eigenvalue weighted by atomic mass is 9.95. The molecule has 0 aliphatic carbocycles. The molecule has 1 aliphatic heterocycles. The lowest BCUT2D eigenvalue weighted by molar-refractivity contribution is 0.0437. The molecule has 0 saturated carbocycles. The Morgan fingerprint density at radius 3 is 2.62 bits per heavy atom. The van der Waals surface area contributed by atoms with Crippen molar-refractivity contribution in [2.24, 2.45) is 5.92 Å². The van der Waals surface area contributed by atoms with E-state index in [4.69, 9.17) is 14.2 Å². The molecule has 1 unspecified atom stereocenters. The van der Waals surface area contributed by atoms with E-state index in [9.17, 15) is 0 Å². The fourth-order valence-corrected chi connectivity index (χ4v) is 2.63. The quantitative estimate of drug-likeness (QED) is 0.372.